The first-order valence-corrected chi connectivity index (χ1v) is 9.86. The van der Waals surface area contributed by atoms with Crippen LogP contribution in [0.3, 0.4) is 0 Å². The molecule has 0 aliphatic heterocycles. The normalized spacial score (nSPS) is 11.4. The Morgan fingerprint density at radius 2 is 1.48 bits per heavy atom. The molecule has 0 fully saturated rings. The molecule has 7 nitrogen and oxygen atoms in total. The zero-order valence-corrected chi connectivity index (χ0v) is 16.3. The molecule has 0 aliphatic carbocycles. The molecule has 31 heavy (non-hydrogen) atoms. The van der Waals surface area contributed by atoms with Crippen LogP contribution in [-0.4, -0.2) is 23.9 Å². The maximum absolute atomic E-state index is 13.5. The van der Waals surface area contributed by atoms with Gasteiger partial charge in [0.05, 0.1) is 16.7 Å². The topological polar surface area (TPSA) is 77.1 Å². The van der Waals surface area contributed by atoms with Crippen molar-refractivity contribution in [2.24, 2.45) is 0 Å². The number of hydrogen-bond donors (Lipinski definition) is 1. The van der Waals surface area contributed by atoms with Gasteiger partial charge in [-0.05, 0) is 36.4 Å². The Bertz CT molecular complexity index is 1620. The van der Waals surface area contributed by atoms with Crippen molar-refractivity contribution in [3.05, 3.63) is 101 Å². The predicted molar refractivity (Wildman–Crippen MR) is 121 cm³/mol. The van der Waals surface area contributed by atoms with E-state index < -0.39 is 0 Å². The molecule has 3 aromatic carbocycles. The van der Waals surface area contributed by atoms with Crippen LogP contribution in [0.1, 0.15) is 0 Å². The van der Waals surface area contributed by atoms with Crippen LogP contribution in [0.5, 0.6) is 0 Å². The Morgan fingerprint density at radius 1 is 0.774 bits per heavy atom. The lowest BCUT2D eigenvalue weighted by atomic mass is 10.3. The molecule has 0 aliphatic rings. The summed E-state index contributed by atoms with van der Waals surface area (Å²) < 4.78 is 3.52. The third-order valence-electron chi connectivity index (χ3n) is 5.20. The summed E-state index contributed by atoms with van der Waals surface area (Å²) in [5, 5.41) is 3.62. The van der Waals surface area contributed by atoms with Gasteiger partial charge in [-0.3, -0.25) is 9.20 Å². The molecule has 0 spiro atoms. The zero-order chi connectivity index (χ0) is 20.8. The number of aromatic nitrogens is 5. The van der Waals surface area contributed by atoms with Crippen LogP contribution >= 0.6 is 0 Å². The van der Waals surface area contributed by atoms with Crippen molar-refractivity contribution in [1.82, 2.24) is 23.9 Å². The second-order valence-electron chi connectivity index (χ2n) is 7.13. The van der Waals surface area contributed by atoms with Crippen molar-refractivity contribution in [3.8, 4) is 5.69 Å². The first kappa shape index (κ1) is 17.3. The lowest BCUT2D eigenvalue weighted by molar-refractivity contribution is 0.969. The van der Waals surface area contributed by atoms with Gasteiger partial charge in [0, 0.05) is 11.9 Å². The lowest BCUT2D eigenvalue weighted by Gasteiger charge is -2.11. The Balaban J connectivity index is 1.71. The number of benzene rings is 3. The monoisotopic (exact) mass is 404 g/mol. The minimum absolute atomic E-state index is 0.213. The quantitative estimate of drug-likeness (QED) is 0.475. The van der Waals surface area contributed by atoms with Crippen molar-refractivity contribution in [1.29, 1.82) is 0 Å². The third kappa shape index (κ3) is 2.75. The van der Waals surface area contributed by atoms with Gasteiger partial charge in [0.2, 0.25) is 11.7 Å². The smallest absolute Gasteiger partial charge is 0.270 e. The minimum atomic E-state index is -0.213. The van der Waals surface area contributed by atoms with E-state index in [1.165, 1.54) is 0 Å². The number of hydrogen-bond acceptors (Lipinski definition) is 5. The highest BCUT2D eigenvalue weighted by Gasteiger charge is 2.18. The molecule has 6 aromatic rings. The highest BCUT2D eigenvalue weighted by Crippen LogP contribution is 2.23. The number of anilines is 2. The molecule has 0 amide bonds. The Kier molecular flexibility index (Phi) is 3.79. The molecule has 3 aromatic heterocycles. The lowest BCUT2D eigenvalue weighted by Crippen LogP contribution is -2.22. The summed E-state index contributed by atoms with van der Waals surface area (Å²) in [4.78, 5) is 27.4. The number of rotatable bonds is 3. The first-order valence-electron chi connectivity index (χ1n) is 9.86. The van der Waals surface area contributed by atoms with Gasteiger partial charge in [0.1, 0.15) is 5.39 Å². The van der Waals surface area contributed by atoms with Crippen molar-refractivity contribution in [2.45, 2.75) is 0 Å². The summed E-state index contributed by atoms with van der Waals surface area (Å²) in [5.41, 5.74) is 3.56. The van der Waals surface area contributed by atoms with E-state index in [4.69, 9.17) is 9.97 Å². The van der Waals surface area contributed by atoms with Gasteiger partial charge in [-0.15, -0.1) is 0 Å². The summed E-state index contributed by atoms with van der Waals surface area (Å²) in [7, 11) is 0. The van der Waals surface area contributed by atoms with Gasteiger partial charge in [-0.2, -0.15) is 4.98 Å². The standard InChI is InChI=1S/C24H16N6O/c31-22-18-15-25-23(26-16-9-3-1-4-10-16)28-21(18)30-20-14-8-7-13-19(20)27-24(30)29(22)17-11-5-2-6-12-17/h1-15H,(H,25,26,28). The second kappa shape index (κ2) is 6.77. The first-order chi connectivity index (χ1) is 15.3. The molecule has 6 rings (SSSR count). The fourth-order valence-electron chi connectivity index (χ4n) is 3.80. The minimum Gasteiger partial charge on any atom is -0.324 e. The van der Waals surface area contributed by atoms with E-state index in [-0.39, 0.29) is 5.56 Å². The van der Waals surface area contributed by atoms with Gasteiger partial charge < -0.3 is 5.32 Å². The highest BCUT2D eigenvalue weighted by atomic mass is 16.1. The molecule has 0 radical (unpaired) electrons. The Labute approximate surface area is 176 Å². The summed E-state index contributed by atoms with van der Waals surface area (Å²) in [6.07, 6.45) is 1.57. The van der Waals surface area contributed by atoms with E-state index in [2.05, 4.69) is 10.3 Å². The zero-order valence-electron chi connectivity index (χ0n) is 16.3. The number of nitrogens with zero attached hydrogens (tertiary/aromatic N) is 5. The fourth-order valence-corrected chi connectivity index (χ4v) is 3.80. The molecule has 7 heteroatoms. The average molecular weight is 404 g/mol. The SMILES string of the molecule is O=c1c2cnc(Nc3ccccc3)nc2n2c3ccccc3nc2n1-c1ccccc1. The number of fused-ring (bicyclic) bond motifs is 5. The van der Waals surface area contributed by atoms with E-state index in [1.54, 1.807) is 10.8 Å². The van der Waals surface area contributed by atoms with E-state index in [1.807, 2.05) is 89.3 Å². The molecule has 0 unspecified atom stereocenters. The maximum atomic E-state index is 13.5. The van der Waals surface area contributed by atoms with Gasteiger partial charge in [0.15, 0.2) is 5.65 Å². The molecule has 1 N–H and O–H groups in total. The van der Waals surface area contributed by atoms with Gasteiger partial charge in [-0.1, -0.05) is 48.5 Å². The van der Waals surface area contributed by atoms with Crippen LogP contribution in [0.2, 0.25) is 0 Å². The summed E-state index contributed by atoms with van der Waals surface area (Å²) in [6.45, 7) is 0. The summed E-state index contributed by atoms with van der Waals surface area (Å²) >= 11 is 0. The van der Waals surface area contributed by atoms with E-state index >= 15 is 0 Å². The molecule has 0 atom stereocenters. The molecule has 0 saturated carbocycles. The molecule has 148 valence electrons. The van der Waals surface area contributed by atoms with E-state index in [0.717, 1.165) is 22.4 Å². The molecule has 3 heterocycles. The van der Waals surface area contributed by atoms with Crippen molar-refractivity contribution < 1.29 is 0 Å². The second-order valence-corrected chi connectivity index (χ2v) is 7.13. The van der Waals surface area contributed by atoms with Crippen molar-refractivity contribution >= 4 is 39.5 Å². The highest BCUT2D eigenvalue weighted by molar-refractivity contribution is 5.88. The maximum Gasteiger partial charge on any atom is 0.270 e. The molecular weight excluding hydrogens is 388 g/mol. The molecule has 0 saturated heterocycles. The summed E-state index contributed by atoms with van der Waals surface area (Å²) in [5.74, 6) is 0.920. The van der Waals surface area contributed by atoms with E-state index in [0.29, 0.717) is 22.8 Å². The predicted octanol–water partition coefficient (Wildman–Crippen LogP) is 4.33. The van der Waals surface area contributed by atoms with Gasteiger partial charge in [-0.25, -0.2) is 14.5 Å². The Morgan fingerprint density at radius 3 is 2.29 bits per heavy atom. The third-order valence-corrected chi connectivity index (χ3v) is 5.20. The van der Waals surface area contributed by atoms with Crippen LogP contribution < -0.4 is 10.9 Å². The largest absolute Gasteiger partial charge is 0.324 e. The fraction of sp³-hybridized carbons (Fsp3) is 0. The Hall–Kier alpha value is -4.52. The summed E-state index contributed by atoms with van der Waals surface area (Å²) in [6, 6.07) is 26.9. The molecular formula is C24H16N6O. The average Bonchev–Trinajstić information content (AvgIpc) is 3.20. The van der Waals surface area contributed by atoms with Crippen LogP contribution in [0.15, 0.2) is 95.9 Å². The van der Waals surface area contributed by atoms with Crippen LogP contribution in [0.25, 0.3) is 33.5 Å². The van der Waals surface area contributed by atoms with Crippen molar-refractivity contribution in [2.75, 3.05) is 5.32 Å². The number of imidazole rings is 1. The van der Waals surface area contributed by atoms with Crippen molar-refractivity contribution in [3.63, 3.8) is 0 Å². The number of nitrogens with one attached hydrogen (secondary N) is 1. The van der Waals surface area contributed by atoms with E-state index in [9.17, 15) is 4.79 Å². The van der Waals surface area contributed by atoms with Crippen LogP contribution in [0, 0.1) is 0 Å². The van der Waals surface area contributed by atoms with Crippen LogP contribution in [0.4, 0.5) is 11.6 Å². The van der Waals surface area contributed by atoms with Gasteiger partial charge in [0.25, 0.3) is 5.56 Å². The van der Waals surface area contributed by atoms with Crippen LogP contribution in [-0.2, 0) is 0 Å². The molecule has 0 bridgehead atoms. The van der Waals surface area contributed by atoms with Gasteiger partial charge >= 0.3 is 0 Å². The number of para-hydroxylation sites is 4.